The van der Waals surface area contributed by atoms with Gasteiger partial charge in [0.2, 0.25) is 5.91 Å². The average Bonchev–Trinajstić information content (AvgIpc) is 3.45. The molecule has 1 amide bonds. The molecule has 1 aromatic carbocycles. The minimum atomic E-state index is -4.45. The Balaban J connectivity index is 1.75. The third kappa shape index (κ3) is 4.12. The lowest BCUT2D eigenvalue weighted by molar-refractivity contribution is -0.152. The molecule has 2 atom stereocenters. The Morgan fingerprint density at radius 3 is 2.33 bits per heavy atom. The number of hydrogen-bond donors (Lipinski definition) is 1. The lowest BCUT2D eigenvalue weighted by Gasteiger charge is -2.31. The van der Waals surface area contributed by atoms with E-state index in [1.54, 1.807) is 6.07 Å². The predicted molar refractivity (Wildman–Crippen MR) is 92.9 cm³/mol. The molecule has 0 spiro atoms. The first-order valence-corrected chi connectivity index (χ1v) is 9.35. The van der Waals surface area contributed by atoms with Crippen LogP contribution in [0.4, 0.5) is 13.2 Å². The van der Waals surface area contributed by atoms with Crippen LogP contribution in [0.3, 0.4) is 0 Å². The Morgan fingerprint density at radius 1 is 1.11 bits per heavy atom. The SMILES string of the molecule is COC(=O)C1(NC(=O)C2CC2c2ccccc2C(F)(F)F)CCCCCC1. The number of carbonyl (C=O) groups is 2. The van der Waals surface area contributed by atoms with Crippen LogP contribution >= 0.6 is 0 Å². The Morgan fingerprint density at radius 2 is 1.74 bits per heavy atom. The first-order chi connectivity index (χ1) is 12.8. The molecule has 148 valence electrons. The maximum atomic E-state index is 13.2. The van der Waals surface area contributed by atoms with Gasteiger partial charge >= 0.3 is 12.1 Å². The molecule has 0 radical (unpaired) electrons. The van der Waals surface area contributed by atoms with Crippen LogP contribution in [-0.4, -0.2) is 24.5 Å². The summed E-state index contributed by atoms with van der Waals surface area (Å²) >= 11 is 0. The van der Waals surface area contributed by atoms with Crippen LogP contribution in [0.2, 0.25) is 0 Å². The fraction of sp³-hybridized carbons (Fsp3) is 0.600. The number of ether oxygens (including phenoxy) is 1. The fourth-order valence-electron chi connectivity index (χ4n) is 4.14. The van der Waals surface area contributed by atoms with Crippen molar-refractivity contribution in [3.8, 4) is 0 Å². The van der Waals surface area contributed by atoms with Gasteiger partial charge in [0.1, 0.15) is 5.54 Å². The van der Waals surface area contributed by atoms with Gasteiger partial charge in [0.25, 0.3) is 0 Å². The molecule has 0 aromatic heterocycles. The van der Waals surface area contributed by atoms with E-state index in [1.807, 2.05) is 0 Å². The highest BCUT2D eigenvalue weighted by molar-refractivity contribution is 5.90. The number of alkyl halides is 3. The molecule has 2 aliphatic carbocycles. The minimum Gasteiger partial charge on any atom is -0.467 e. The number of nitrogens with one attached hydrogen (secondary N) is 1. The molecule has 2 saturated carbocycles. The summed E-state index contributed by atoms with van der Waals surface area (Å²) in [5.41, 5.74) is -1.60. The summed E-state index contributed by atoms with van der Waals surface area (Å²) in [5.74, 6) is -1.84. The first-order valence-electron chi connectivity index (χ1n) is 9.35. The summed E-state index contributed by atoms with van der Waals surface area (Å²) in [5, 5.41) is 2.85. The summed E-state index contributed by atoms with van der Waals surface area (Å²) < 4.78 is 44.6. The lowest BCUT2D eigenvalue weighted by Crippen LogP contribution is -2.55. The molecule has 0 saturated heterocycles. The molecular formula is C20H24F3NO3. The second kappa shape index (κ2) is 7.52. The molecule has 0 heterocycles. The van der Waals surface area contributed by atoms with Crippen molar-refractivity contribution in [3.63, 3.8) is 0 Å². The third-order valence-corrected chi connectivity index (χ3v) is 5.69. The van der Waals surface area contributed by atoms with Crippen molar-refractivity contribution in [1.29, 1.82) is 0 Å². The summed E-state index contributed by atoms with van der Waals surface area (Å²) in [6.45, 7) is 0. The van der Waals surface area contributed by atoms with Gasteiger partial charge in [0.15, 0.2) is 0 Å². The Bertz CT molecular complexity index is 709. The van der Waals surface area contributed by atoms with Crippen molar-refractivity contribution in [1.82, 2.24) is 5.32 Å². The lowest BCUT2D eigenvalue weighted by atomic mass is 9.89. The maximum absolute atomic E-state index is 13.2. The van der Waals surface area contributed by atoms with E-state index in [1.165, 1.54) is 19.2 Å². The highest BCUT2D eigenvalue weighted by atomic mass is 19.4. The molecule has 1 N–H and O–H groups in total. The van der Waals surface area contributed by atoms with Gasteiger partial charge in [0.05, 0.1) is 12.7 Å². The van der Waals surface area contributed by atoms with Crippen LogP contribution in [0.25, 0.3) is 0 Å². The Hall–Kier alpha value is -2.05. The molecule has 2 aliphatic rings. The second-order valence-electron chi connectivity index (χ2n) is 7.51. The summed E-state index contributed by atoms with van der Waals surface area (Å²) in [4.78, 5) is 25.1. The van der Waals surface area contributed by atoms with Crippen LogP contribution in [0.15, 0.2) is 24.3 Å². The highest BCUT2D eigenvalue weighted by Gasteiger charge is 2.50. The molecule has 2 unspecified atom stereocenters. The van der Waals surface area contributed by atoms with Crippen LogP contribution < -0.4 is 5.32 Å². The number of carbonyl (C=O) groups excluding carboxylic acids is 2. The second-order valence-corrected chi connectivity index (χ2v) is 7.51. The van der Waals surface area contributed by atoms with Gasteiger partial charge in [0, 0.05) is 5.92 Å². The van der Waals surface area contributed by atoms with Crippen molar-refractivity contribution in [3.05, 3.63) is 35.4 Å². The number of hydrogen-bond acceptors (Lipinski definition) is 3. The van der Waals surface area contributed by atoms with Crippen LogP contribution in [-0.2, 0) is 20.5 Å². The zero-order valence-corrected chi connectivity index (χ0v) is 15.3. The van der Waals surface area contributed by atoms with Gasteiger partial charge in [-0.2, -0.15) is 13.2 Å². The molecule has 4 nitrogen and oxygen atoms in total. The molecular weight excluding hydrogens is 359 g/mol. The molecule has 0 aliphatic heterocycles. The average molecular weight is 383 g/mol. The minimum absolute atomic E-state index is 0.151. The normalized spacial score (nSPS) is 24.6. The maximum Gasteiger partial charge on any atom is 0.416 e. The van der Waals surface area contributed by atoms with E-state index in [2.05, 4.69) is 5.32 Å². The zero-order valence-electron chi connectivity index (χ0n) is 15.3. The van der Waals surface area contributed by atoms with Gasteiger partial charge in [-0.05, 0) is 36.8 Å². The smallest absolute Gasteiger partial charge is 0.416 e. The third-order valence-electron chi connectivity index (χ3n) is 5.69. The number of benzene rings is 1. The Labute approximate surface area is 156 Å². The number of methoxy groups -OCH3 is 1. The van der Waals surface area contributed by atoms with E-state index in [-0.39, 0.29) is 11.5 Å². The van der Waals surface area contributed by atoms with E-state index in [9.17, 15) is 22.8 Å². The predicted octanol–water partition coefficient (Wildman–Crippen LogP) is 4.19. The number of amides is 1. The van der Waals surface area contributed by atoms with Crippen molar-refractivity contribution in [2.45, 2.75) is 62.6 Å². The van der Waals surface area contributed by atoms with E-state index in [0.717, 1.165) is 31.7 Å². The quantitative estimate of drug-likeness (QED) is 0.627. The summed E-state index contributed by atoms with van der Waals surface area (Å²) in [7, 11) is 1.29. The molecule has 3 rings (SSSR count). The summed E-state index contributed by atoms with van der Waals surface area (Å²) in [6.07, 6.45) is 0.495. The van der Waals surface area contributed by atoms with Gasteiger partial charge in [-0.1, -0.05) is 43.9 Å². The number of halogens is 3. The van der Waals surface area contributed by atoms with Gasteiger partial charge in [-0.25, -0.2) is 4.79 Å². The van der Waals surface area contributed by atoms with Crippen LogP contribution in [0.1, 0.15) is 62.0 Å². The van der Waals surface area contributed by atoms with Crippen molar-refractivity contribution in [2.75, 3.05) is 7.11 Å². The molecule has 7 heteroatoms. The molecule has 2 fully saturated rings. The fourth-order valence-corrected chi connectivity index (χ4v) is 4.14. The molecule has 27 heavy (non-hydrogen) atoms. The number of rotatable bonds is 4. The zero-order chi connectivity index (χ0) is 19.7. The molecule has 1 aromatic rings. The summed E-state index contributed by atoms with van der Waals surface area (Å²) in [6, 6.07) is 5.38. The largest absolute Gasteiger partial charge is 0.467 e. The van der Waals surface area contributed by atoms with Gasteiger partial charge < -0.3 is 10.1 Å². The van der Waals surface area contributed by atoms with Crippen LogP contribution in [0, 0.1) is 5.92 Å². The standard InChI is InChI=1S/C20H24F3NO3/c1-27-18(26)19(10-6-2-3-7-11-19)24-17(25)15-12-14(15)13-8-4-5-9-16(13)20(21,22)23/h4-5,8-9,14-15H,2-3,6-7,10-12H2,1H3,(H,24,25). The van der Waals surface area contributed by atoms with E-state index < -0.39 is 35.1 Å². The monoisotopic (exact) mass is 383 g/mol. The first kappa shape index (κ1) is 19.7. The van der Waals surface area contributed by atoms with E-state index in [0.29, 0.717) is 19.3 Å². The highest BCUT2D eigenvalue weighted by Crippen LogP contribution is 2.51. The van der Waals surface area contributed by atoms with E-state index in [4.69, 9.17) is 4.74 Å². The van der Waals surface area contributed by atoms with Gasteiger partial charge in [-0.15, -0.1) is 0 Å². The van der Waals surface area contributed by atoms with Crippen molar-refractivity contribution >= 4 is 11.9 Å². The van der Waals surface area contributed by atoms with Crippen LogP contribution in [0.5, 0.6) is 0 Å². The van der Waals surface area contributed by atoms with Crippen molar-refractivity contribution in [2.24, 2.45) is 5.92 Å². The van der Waals surface area contributed by atoms with Gasteiger partial charge in [-0.3, -0.25) is 4.79 Å². The Kier molecular flexibility index (Phi) is 5.49. The number of esters is 1. The van der Waals surface area contributed by atoms with E-state index >= 15 is 0 Å². The van der Waals surface area contributed by atoms with Crippen molar-refractivity contribution < 1.29 is 27.5 Å². The molecule has 0 bridgehead atoms. The topological polar surface area (TPSA) is 55.4 Å².